The van der Waals surface area contributed by atoms with Gasteiger partial charge in [-0.2, -0.15) is 0 Å². The summed E-state index contributed by atoms with van der Waals surface area (Å²) in [6, 6.07) is 10.9. The van der Waals surface area contributed by atoms with Crippen molar-refractivity contribution < 1.29 is 13.9 Å². The maximum absolute atomic E-state index is 13.5. The number of esters is 1. The Labute approximate surface area is 116 Å². The minimum Gasteiger partial charge on any atom is -0.423 e. The lowest BCUT2D eigenvalue weighted by molar-refractivity contribution is 0.0734. The van der Waals surface area contributed by atoms with Crippen LogP contribution in [0.25, 0.3) is 6.08 Å². The molecule has 0 aliphatic rings. The molecule has 0 aromatic heterocycles. The summed E-state index contributed by atoms with van der Waals surface area (Å²) in [4.78, 5) is 11.9. The van der Waals surface area contributed by atoms with Gasteiger partial charge in [-0.3, -0.25) is 0 Å². The summed E-state index contributed by atoms with van der Waals surface area (Å²) in [7, 11) is 0. The highest BCUT2D eigenvalue weighted by Gasteiger charge is 2.10. The molecule has 0 aliphatic carbocycles. The summed E-state index contributed by atoms with van der Waals surface area (Å²) in [6.45, 7) is 3.89. The predicted molar refractivity (Wildman–Crippen MR) is 75.8 cm³/mol. The largest absolute Gasteiger partial charge is 0.423 e. The molecule has 0 atom stereocenters. The second-order valence-corrected chi connectivity index (χ2v) is 4.18. The van der Waals surface area contributed by atoms with Gasteiger partial charge in [0.1, 0.15) is 11.6 Å². The summed E-state index contributed by atoms with van der Waals surface area (Å²) in [6.07, 6.45) is 1.40. The van der Waals surface area contributed by atoms with E-state index in [0.717, 1.165) is 11.6 Å². The zero-order valence-corrected chi connectivity index (χ0v) is 10.8. The van der Waals surface area contributed by atoms with Crippen molar-refractivity contribution in [3.05, 3.63) is 71.6 Å². The number of nitrogens with two attached hydrogens (primary N) is 1. The van der Waals surface area contributed by atoms with E-state index in [1.807, 2.05) is 0 Å². The molecule has 0 radical (unpaired) electrons. The van der Waals surface area contributed by atoms with Crippen LogP contribution in [-0.2, 0) is 6.54 Å². The Morgan fingerprint density at radius 1 is 1.25 bits per heavy atom. The van der Waals surface area contributed by atoms with E-state index in [1.165, 1.54) is 18.2 Å². The van der Waals surface area contributed by atoms with Gasteiger partial charge >= 0.3 is 5.97 Å². The van der Waals surface area contributed by atoms with Crippen molar-refractivity contribution in [2.24, 2.45) is 5.73 Å². The molecular formula is C16H14FNO2. The summed E-state index contributed by atoms with van der Waals surface area (Å²) in [5.41, 5.74) is 7.14. The molecule has 0 fully saturated rings. The van der Waals surface area contributed by atoms with Crippen LogP contribution in [-0.4, -0.2) is 5.97 Å². The molecule has 102 valence electrons. The average Bonchev–Trinajstić information content (AvgIpc) is 2.47. The number of ether oxygens (including phenoxy) is 1. The van der Waals surface area contributed by atoms with Crippen molar-refractivity contribution in [3.8, 4) is 5.75 Å². The molecule has 0 amide bonds. The van der Waals surface area contributed by atoms with E-state index >= 15 is 0 Å². The number of rotatable bonds is 4. The van der Waals surface area contributed by atoms with Crippen molar-refractivity contribution in [1.82, 2.24) is 0 Å². The van der Waals surface area contributed by atoms with E-state index in [1.54, 1.807) is 24.3 Å². The van der Waals surface area contributed by atoms with E-state index in [-0.39, 0.29) is 5.75 Å². The van der Waals surface area contributed by atoms with Crippen molar-refractivity contribution in [3.63, 3.8) is 0 Å². The lowest BCUT2D eigenvalue weighted by Crippen LogP contribution is -2.09. The summed E-state index contributed by atoms with van der Waals surface area (Å²) < 4.78 is 18.6. The van der Waals surface area contributed by atoms with Gasteiger partial charge in [0.05, 0.1) is 5.56 Å². The van der Waals surface area contributed by atoms with Crippen LogP contribution in [0.4, 0.5) is 4.39 Å². The maximum Gasteiger partial charge on any atom is 0.343 e. The molecule has 4 heteroatoms. The number of hydrogen-bond acceptors (Lipinski definition) is 3. The van der Waals surface area contributed by atoms with Crippen LogP contribution in [0.1, 0.15) is 21.5 Å². The maximum atomic E-state index is 13.5. The summed E-state index contributed by atoms with van der Waals surface area (Å²) in [5.74, 6) is -0.871. The molecule has 2 N–H and O–H groups in total. The third kappa shape index (κ3) is 3.10. The molecular weight excluding hydrogens is 257 g/mol. The lowest BCUT2D eigenvalue weighted by atomic mass is 10.1. The second-order valence-electron chi connectivity index (χ2n) is 4.18. The van der Waals surface area contributed by atoms with Gasteiger partial charge in [0, 0.05) is 18.2 Å². The van der Waals surface area contributed by atoms with Crippen LogP contribution < -0.4 is 10.5 Å². The number of benzene rings is 2. The lowest BCUT2D eigenvalue weighted by Gasteiger charge is -2.06. The summed E-state index contributed by atoms with van der Waals surface area (Å²) >= 11 is 0. The Bertz CT molecular complexity index is 635. The second kappa shape index (κ2) is 6.12. The summed E-state index contributed by atoms with van der Waals surface area (Å²) in [5, 5.41) is 0. The van der Waals surface area contributed by atoms with Gasteiger partial charge in [-0.1, -0.05) is 24.8 Å². The van der Waals surface area contributed by atoms with E-state index < -0.39 is 11.8 Å². The molecule has 3 nitrogen and oxygen atoms in total. The molecule has 0 aliphatic heterocycles. The first kappa shape index (κ1) is 14.0. The molecule has 0 heterocycles. The molecule has 20 heavy (non-hydrogen) atoms. The minimum atomic E-state index is -0.542. The van der Waals surface area contributed by atoms with Crippen LogP contribution in [0.3, 0.4) is 0 Å². The molecule has 0 saturated heterocycles. The first-order chi connectivity index (χ1) is 9.63. The molecule has 0 bridgehead atoms. The van der Waals surface area contributed by atoms with Gasteiger partial charge in [-0.25, -0.2) is 9.18 Å². The average molecular weight is 271 g/mol. The standard InChI is InChI=1S/C16H14FNO2/c1-2-12-7-8-14(9-15(12)17)20-16(19)13-5-3-11(10-18)4-6-13/h2-9H,1,10,18H2. The van der Waals surface area contributed by atoms with Gasteiger partial charge in [-0.15, -0.1) is 0 Å². The van der Waals surface area contributed by atoms with Gasteiger partial charge < -0.3 is 10.5 Å². The molecule has 0 spiro atoms. The Morgan fingerprint density at radius 2 is 1.95 bits per heavy atom. The Kier molecular flexibility index (Phi) is 4.27. The van der Waals surface area contributed by atoms with Crippen molar-refractivity contribution in [2.75, 3.05) is 0 Å². The molecule has 0 unspecified atom stereocenters. The monoisotopic (exact) mass is 271 g/mol. The molecule has 2 aromatic carbocycles. The van der Waals surface area contributed by atoms with E-state index in [2.05, 4.69) is 6.58 Å². The molecule has 2 rings (SSSR count). The highest BCUT2D eigenvalue weighted by Crippen LogP contribution is 2.18. The third-order valence-corrected chi connectivity index (χ3v) is 2.83. The van der Waals surface area contributed by atoms with E-state index in [4.69, 9.17) is 10.5 Å². The Balaban J connectivity index is 2.14. The highest BCUT2D eigenvalue weighted by atomic mass is 19.1. The van der Waals surface area contributed by atoms with Gasteiger partial charge in [0.25, 0.3) is 0 Å². The van der Waals surface area contributed by atoms with Gasteiger partial charge in [-0.05, 0) is 29.8 Å². The fourth-order valence-electron chi connectivity index (χ4n) is 1.68. The SMILES string of the molecule is C=Cc1ccc(OC(=O)c2ccc(CN)cc2)cc1F. The number of hydrogen-bond donors (Lipinski definition) is 1. The molecule has 2 aromatic rings. The Hall–Kier alpha value is -2.46. The fourth-order valence-corrected chi connectivity index (χ4v) is 1.68. The number of carbonyl (C=O) groups excluding carboxylic acids is 1. The van der Waals surface area contributed by atoms with E-state index in [9.17, 15) is 9.18 Å². The van der Waals surface area contributed by atoms with Gasteiger partial charge in [0.15, 0.2) is 0 Å². The van der Waals surface area contributed by atoms with Crippen molar-refractivity contribution in [1.29, 1.82) is 0 Å². The van der Waals surface area contributed by atoms with Crippen LogP contribution in [0.5, 0.6) is 5.75 Å². The van der Waals surface area contributed by atoms with Crippen molar-refractivity contribution >= 4 is 12.0 Å². The van der Waals surface area contributed by atoms with E-state index in [0.29, 0.717) is 17.7 Å². The smallest absolute Gasteiger partial charge is 0.343 e. The Morgan fingerprint density at radius 3 is 2.50 bits per heavy atom. The fraction of sp³-hybridized carbons (Fsp3) is 0.0625. The topological polar surface area (TPSA) is 52.3 Å². The minimum absolute atomic E-state index is 0.154. The quantitative estimate of drug-likeness (QED) is 0.686. The molecule has 0 saturated carbocycles. The van der Waals surface area contributed by atoms with Crippen LogP contribution in [0.2, 0.25) is 0 Å². The highest BCUT2D eigenvalue weighted by molar-refractivity contribution is 5.91. The van der Waals surface area contributed by atoms with Gasteiger partial charge in [0.2, 0.25) is 0 Å². The number of carbonyl (C=O) groups is 1. The normalized spacial score (nSPS) is 10.1. The predicted octanol–water partition coefficient (Wildman–Crippen LogP) is 3.15. The van der Waals surface area contributed by atoms with Crippen LogP contribution in [0, 0.1) is 5.82 Å². The third-order valence-electron chi connectivity index (χ3n) is 2.83. The zero-order chi connectivity index (χ0) is 14.5. The first-order valence-electron chi connectivity index (χ1n) is 6.07. The number of halogens is 1. The first-order valence-corrected chi connectivity index (χ1v) is 6.07. The van der Waals surface area contributed by atoms with Crippen molar-refractivity contribution in [2.45, 2.75) is 6.54 Å². The van der Waals surface area contributed by atoms with Crippen LogP contribution in [0.15, 0.2) is 49.0 Å². The van der Waals surface area contributed by atoms with Crippen LogP contribution >= 0.6 is 0 Å². The zero-order valence-electron chi connectivity index (χ0n) is 10.8.